The van der Waals surface area contributed by atoms with Gasteiger partial charge in [-0.05, 0) is 32.0 Å². The number of fused-ring (bicyclic) bond motifs is 1. The molecule has 18 heavy (non-hydrogen) atoms. The third-order valence-corrected chi connectivity index (χ3v) is 2.38. The van der Waals surface area contributed by atoms with Gasteiger partial charge in [0.1, 0.15) is 0 Å². The van der Waals surface area contributed by atoms with Crippen molar-refractivity contribution in [1.82, 2.24) is 5.43 Å². The number of nitrogens with one attached hydrogen (secondary N) is 1. The van der Waals surface area contributed by atoms with Gasteiger partial charge in [-0.2, -0.15) is 5.10 Å². The van der Waals surface area contributed by atoms with Gasteiger partial charge < -0.3 is 14.2 Å². The van der Waals surface area contributed by atoms with Crippen molar-refractivity contribution in [2.75, 3.05) is 13.4 Å². The molecule has 0 fully saturated rings. The highest BCUT2D eigenvalue weighted by Crippen LogP contribution is 2.32. The Kier molecular flexibility index (Phi) is 3.66. The van der Waals surface area contributed by atoms with Crippen LogP contribution in [0.2, 0.25) is 0 Å². The van der Waals surface area contributed by atoms with E-state index in [9.17, 15) is 4.79 Å². The summed E-state index contributed by atoms with van der Waals surface area (Å²) in [6.45, 7) is 4.05. The number of benzene rings is 1. The molecule has 0 aromatic heterocycles. The Morgan fingerprint density at radius 1 is 1.44 bits per heavy atom. The van der Waals surface area contributed by atoms with Crippen LogP contribution in [0.3, 0.4) is 0 Å². The van der Waals surface area contributed by atoms with Crippen LogP contribution in [0.5, 0.6) is 11.5 Å². The van der Waals surface area contributed by atoms with E-state index < -0.39 is 6.09 Å². The van der Waals surface area contributed by atoms with E-state index in [1.807, 2.05) is 12.1 Å². The number of hydrogen-bond acceptors (Lipinski definition) is 5. The van der Waals surface area contributed by atoms with Crippen molar-refractivity contribution in [2.45, 2.75) is 13.8 Å². The van der Waals surface area contributed by atoms with Crippen LogP contribution in [0, 0.1) is 0 Å². The van der Waals surface area contributed by atoms with Gasteiger partial charge in [0, 0.05) is 5.56 Å². The van der Waals surface area contributed by atoms with Gasteiger partial charge in [0.25, 0.3) is 0 Å². The predicted octanol–water partition coefficient (Wildman–Crippen LogP) is 1.89. The number of amides is 1. The highest BCUT2D eigenvalue weighted by molar-refractivity contribution is 5.99. The third kappa shape index (κ3) is 2.71. The summed E-state index contributed by atoms with van der Waals surface area (Å²) < 4.78 is 15.2. The molecule has 1 heterocycles. The molecule has 6 heteroatoms. The van der Waals surface area contributed by atoms with E-state index in [-0.39, 0.29) is 6.79 Å². The van der Waals surface area contributed by atoms with Crippen molar-refractivity contribution in [3.8, 4) is 11.5 Å². The quantitative estimate of drug-likeness (QED) is 0.657. The van der Waals surface area contributed by atoms with Gasteiger partial charge in [-0.3, -0.25) is 0 Å². The van der Waals surface area contributed by atoms with Crippen LogP contribution in [0.25, 0.3) is 0 Å². The van der Waals surface area contributed by atoms with Crippen LogP contribution >= 0.6 is 0 Å². The molecule has 1 aliphatic heterocycles. The maximum absolute atomic E-state index is 11.1. The predicted molar refractivity (Wildman–Crippen MR) is 64.9 cm³/mol. The second-order valence-electron chi connectivity index (χ2n) is 3.60. The fourth-order valence-corrected chi connectivity index (χ4v) is 1.48. The minimum atomic E-state index is -0.572. The Balaban J connectivity index is 2.06. The molecule has 0 aliphatic carbocycles. The summed E-state index contributed by atoms with van der Waals surface area (Å²) in [5.74, 6) is 1.39. The minimum absolute atomic E-state index is 0.232. The zero-order valence-electron chi connectivity index (χ0n) is 10.2. The Morgan fingerprint density at radius 2 is 2.22 bits per heavy atom. The second-order valence-corrected chi connectivity index (χ2v) is 3.60. The highest BCUT2D eigenvalue weighted by Gasteiger charge is 2.14. The molecule has 0 unspecified atom stereocenters. The molecular weight excluding hydrogens is 236 g/mol. The van der Waals surface area contributed by atoms with Crippen LogP contribution in [0.1, 0.15) is 19.4 Å². The van der Waals surface area contributed by atoms with Crippen LogP contribution in [0.15, 0.2) is 23.3 Å². The van der Waals surface area contributed by atoms with Crippen molar-refractivity contribution >= 4 is 11.8 Å². The Labute approximate surface area is 105 Å². The van der Waals surface area contributed by atoms with Crippen LogP contribution < -0.4 is 14.9 Å². The summed E-state index contributed by atoms with van der Waals surface area (Å²) >= 11 is 0. The summed E-state index contributed by atoms with van der Waals surface area (Å²) in [5, 5.41) is 3.93. The maximum Gasteiger partial charge on any atom is 0.427 e. The fourth-order valence-electron chi connectivity index (χ4n) is 1.48. The van der Waals surface area contributed by atoms with E-state index in [4.69, 9.17) is 14.2 Å². The third-order valence-electron chi connectivity index (χ3n) is 2.38. The molecule has 1 amide bonds. The molecular formula is C12H14N2O4. The lowest BCUT2D eigenvalue weighted by atomic mass is 10.1. The summed E-state index contributed by atoms with van der Waals surface area (Å²) in [6, 6.07) is 5.47. The molecule has 2 rings (SSSR count). The Hall–Kier alpha value is -2.24. The lowest BCUT2D eigenvalue weighted by molar-refractivity contribution is 0.152. The van der Waals surface area contributed by atoms with Gasteiger partial charge in [-0.15, -0.1) is 0 Å². The first-order valence-corrected chi connectivity index (χ1v) is 5.57. The normalized spacial score (nSPS) is 13.3. The molecule has 96 valence electrons. The summed E-state index contributed by atoms with van der Waals surface area (Å²) in [6.07, 6.45) is -0.572. The first-order chi connectivity index (χ1) is 8.70. The minimum Gasteiger partial charge on any atom is -0.454 e. The van der Waals surface area contributed by atoms with Gasteiger partial charge in [0.05, 0.1) is 12.3 Å². The molecule has 0 saturated heterocycles. The summed E-state index contributed by atoms with van der Waals surface area (Å²) in [7, 11) is 0. The van der Waals surface area contributed by atoms with E-state index >= 15 is 0 Å². The number of carbonyl (C=O) groups excluding carboxylic acids is 1. The number of nitrogens with zero attached hydrogens (tertiary/aromatic N) is 1. The lowest BCUT2D eigenvalue weighted by Gasteiger charge is -2.04. The van der Waals surface area contributed by atoms with Crippen molar-refractivity contribution in [3.05, 3.63) is 23.8 Å². The molecule has 0 radical (unpaired) electrons. The van der Waals surface area contributed by atoms with Gasteiger partial charge in [-0.25, -0.2) is 10.2 Å². The largest absolute Gasteiger partial charge is 0.454 e. The smallest absolute Gasteiger partial charge is 0.427 e. The van der Waals surface area contributed by atoms with Crippen LogP contribution in [0.4, 0.5) is 4.79 Å². The van der Waals surface area contributed by atoms with Gasteiger partial charge in [0.2, 0.25) is 6.79 Å². The van der Waals surface area contributed by atoms with Crippen molar-refractivity contribution in [1.29, 1.82) is 0 Å². The zero-order chi connectivity index (χ0) is 13.0. The molecule has 0 spiro atoms. The SMILES string of the molecule is CCOC(=O)N/N=C(/C)c1ccc2c(c1)OCO2. The van der Waals surface area contributed by atoms with Crippen molar-refractivity contribution in [2.24, 2.45) is 5.10 Å². The number of carbonyl (C=O) groups is 1. The fraction of sp³-hybridized carbons (Fsp3) is 0.333. The van der Waals surface area contributed by atoms with E-state index in [0.717, 1.165) is 5.56 Å². The van der Waals surface area contributed by atoms with Crippen molar-refractivity contribution < 1.29 is 19.0 Å². The second kappa shape index (κ2) is 5.39. The first kappa shape index (κ1) is 12.2. The van der Waals surface area contributed by atoms with Gasteiger partial charge in [-0.1, -0.05) is 0 Å². The molecule has 0 atom stereocenters. The van der Waals surface area contributed by atoms with Gasteiger partial charge >= 0.3 is 6.09 Å². The average molecular weight is 250 g/mol. The van der Waals surface area contributed by atoms with Gasteiger partial charge in [0.15, 0.2) is 11.5 Å². The molecule has 0 bridgehead atoms. The highest BCUT2D eigenvalue weighted by atomic mass is 16.7. The lowest BCUT2D eigenvalue weighted by Crippen LogP contribution is -2.20. The molecule has 1 aliphatic rings. The summed E-state index contributed by atoms with van der Waals surface area (Å²) in [4.78, 5) is 11.1. The molecule has 0 saturated carbocycles. The topological polar surface area (TPSA) is 69.2 Å². The zero-order valence-corrected chi connectivity index (χ0v) is 10.2. The van der Waals surface area contributed by atoms with E-state index in [2.05, 4.69) is 10.5 Å². The molecule has 1 aromatic rings. The van der Waals surface area contributed by atoms with Crippen LogP contribution in [-0.2, 0) is 4.74 Å². The Bertz CT molecular complexity index is 485. The first-order valence-electron chi connectivity index (χ1n) is 5.57. The molecule has 1 aromatic carbocycles. The van der Waals surface area contributed by atoms with Crippen molar-refractivity contribution in [3.63, 3.8) is 0 Å². The van der Waals surface area contributed by atoms with E-state index in [1.54, 1.807) is 19.9 Å². The number of hydrogen-bond donors (Lipinski definition) is 1. The number of ether oxygens (including phenoxy) is 3. The monoisotopic (exact) mass is 250 g/mol. The standard InChI is InChI=1S/C12H14N2O4/c1-3-16-12(15)14-13-8(2)9-4-5-10-11(6-9)18-7-17-10/h4-6H,3,7H2,1-2H3,(H,14,15)/b13-8-. The molecule has 1 N–H and O–H groups in total. The van der Waals surface area contributed by atoms with Crippen LogP contribution in [-0.4, -0.2) is 25.2 Å². The Morgan fingerprint density at radius 3 is 3.00 bits per heavy atom. The summed E-state index contributed by atoms with van der Waals surface area (Å²) in [5.41, 5.74) is 3.80. The number of hydrazone groups is 1. The molecule has 6 nitrogen and oxygen atoms in total. The van der Waals surface area contributed by atoms with E-state index in [1.165, 1.54) is 0 Å². The number of rotatable bonds is 3. The van der Waals surface area contributed by atoms with E-state index in [0.29, 0.717) is 23.8 Å². The maximum atomic E-state index is 11.1. The average Bonchev–Trinajstić information content (AvgIpc) is 2.83.